The summed E-state index contributed by atoms with van der Waals surface area (Å²) >= 11 is 1.67. The average Bonchev–Trinajstić information content (AvgIpc) is 3.02. The van der Waals surface area contributed by atoms with Crippen molar-refractivity contribution in [1.82, 2.24) is 5.32 Å². The Balaban J connectivity index is 1.98. The van der Waals surface area contributed by atoms with Crippen molar-refractivity contribution >= 4 is 23.6 Å². The molecule has 1 rings (SSSR count). The highest BCUT2D eigenvalue weighted by molar-refractivity contribution is 7.99. The molecule has 5 nitrogen and oxygen atoms in total. The maximum atomic E-state index is 11.4. The lowest BCUT2D eigenvalue weighted by Crippen LogP contribution is -2.28. The molecule has 2 unspecified atom stereocenters. The molecule has 1 saturated carbocycles. The Morgan fingerprint density at radius 3 is 2.62 bits per heavy atom. The van der Waals surface area contributed by atoms with E-state index < -0.39 is 11.9 Å². The molecule has 0 aliphatic heterocycles. The highest BCUT2D eigenvalue weighted by Gasteiger charge is 2.48. The fraction of sp³-hybridized carbons (Fsp3) is 0.800. The first-order valence-corrected chi connectivity index (χ1v) is 6.51. The van der Waals surface area contributed by atoms with Gasteiger partial charge in [-0.15, -0.1) is 0 Å². The number of carboxylic acid groups (broad SMARTS) is 1. The van der Waals surface area contributed by atoms with E-state index in [4.69, 9.17) is 10.2 Å². The Labute approximate surface area is 98.6 Å². The monoisotopic (exact) mass is 247 g/mol. The van der Waals surface area contributed by atoms with Crippen molar-refractivity contribution in [2.75, 3.05) is 24.7 Å². The second-order valence-electron chi connectivity index (χ2n) is 3.77. The fourth-order valence-electron chi connectivity index (χ4n) is 1.40. The van der Waals surface area contributed by atoms with Gasteiger partial charge in [-0.2, -0.15) is 11.8 Å². The van der Waals surface area contributed by atoms with Crippen molar-refractivity contribution in [1.29, 1.82) is 0 Å². The molecule has 1 aliphatic rings. The lowest BCUT2D eigenvalue weighted by atomic mass is 10.3. The van der Waals surface area contributed by atoms with Gasteiger partial charge in [0, 0.05) is 18.9 Å². The number of rotatable bonds is 8. The Bertz CT molecular complexity index is 259. The molecule has 1 amide bonds. The number of carbonyl (C=O) groups excluding carboxylic acids is 1. The summed E-state index contributed by atoms with van der Waals surface area (Å²) in [5.74, 6) is -0.126. The summed E-state index contributed by atoms with van der Waals surface area (Å²) in [6.45, 7) is 0.763. The lowest BCUT2D eigenvalue weighted by molar-refractivity contribution is -0.140. The maximum Gasteiger partial charge on any atom is 0.307 e. The predicted octanol–water partition coefficient (Wildman–Crippen LogP) is -0.0611. The van der Waals surface area contributed by atoms with E-state index in [2.05, 4.69) is 5.32 Å². The average molecular weight is 247 g/mol. The molecule has 92 valence electrons. The third-order valence-corrected chi connectivity index (χ3v) is 3.51. The van der Waals surface area contributed by atoms with Gasteiger partial charge in [0.15, 0.2) is 0 Å². The molecule has 0 heterocycles. The van der Waals surface area contributed by atoms with E-state index in [1.807, 2.05) is 0 Å². The Morgan fingerprint density at radius 1 is 1.31 bits per heavy atom. The molecule has 0 radical (unpaired) electrons. The Kier molecular flexibility index (Phi) is 5.62. The van der Waals surface area contributed by atoms with Crippen LogP contribution in [0.5, 0.6) is 0 Å². The summed E-state index contributed by atoms with van der Waals surface area (Å²) < 4.78 is 0. The molecule has 0 spiro atoms. The fourth-order valence-corrected chi connectivity index (χ4v) is 2.19. The van der Waals surface area contributed by atoms with E-state index in [1.54, 1.807) is 11.8 Å². The first kappa shape index (κ1) is 13.3. The van der Waals surface area contributed by atoms with Gasteiger partial charge in [-0.25, -0.2) is 0 Å². The van der Waals surface area contributed by atoms with E-state index in [1.165, 1.54) is 0 Å². The highest BCUT2D eigenvalue weighted by Crippen LogP contribution is 2.38. The Hall–Kier alpha value is -0.750. The largest absolute Gasteiger partial charge is 0.481 e. The minimum Gasteiger partial charge on any atom is -0.481 e. The van der Waals surface area contributed by atoms with Crippen molar-refractivity contribution < 1.29 is 19.8 Å². The van der Waals surface area contributed by atoms with Crippen LogP contribution in [0, 0.1) is 11.8 Å². The zero-order chi connectivity index (χ0) is 12.0. The van der Waals surface area contributed by atoms with Crippen LogP contribution in [0.3, 0.4) is 0 Å². The van der Waals surface area contributed by atoms with Crippen LogP contribution in [0.4, 0.5) is 0 Å². The maximum absolute atomic E-state index is 11.4. The number of thioether (sulfide) groups is 1. The summed E-state index contributed by atoms with van der Waals surface area (Å²) in [5, 5.41) is 19.9. The molecule has 0 aromatic heterocycles. The van der Waals surface area contributed by atoms with Crippen LogP contribution in [-0.4, -0.2) is 46.7 Å². The van der Waals surface area contributed by atoms with Gasteiger partial charge < -0.3 is 15.5 Å². The minimum atomic E-state index is -0.877. The number of amides is 1. The van der Waals surface area contributed by atoms with E-state index in [9.17, 15) is 9.59 Å². The van der Waals surface area contributed by atoms with Crippen LogP contribution in [0.1, 0.15) is 12.8 Å². The van der Waals surface area contributed by atoms with Crippen LogP contribution >= 0.6 is 11.8 Å². The number of aliphatic hydroxyl groups excluding tert-OH is 1. The van der Waals surface area contributed by atoms with Gasteiger partial charge in [0.05, 0.1) is 11.8 Å². The molecule has 0 aromatic carbocycles. The van der Waals surface area contributed by atoms with Crippen molar-refractivity contribution in [2.45, 2.75) is 12.8 Å². The van der Waals surface area contributed by atoms with E-state index in [-0.39, 0.29) is 18.4 Å². The highest BCUT2D eigenvalue weighted by atomic mass is 32.2. The molecule has 6 heteroatoms. The van der Waals surface area contributed by atoms with Crippen molar-refractivity contribution in [3.8, 4) is 0 Å². The molecule has 3 N–H and O–H groups in total. The zero-order valence-electron chi connectivity index (χ0n) is 9.02. The first-order chi connectivity index (χ1) is 7.66. The SMILES string of the molecule is O=C(O)C1CC1C(=O)NCCSCCCO. The van der Waals surface area contributed by atoms with Crippen molar-refractivity contribution in [3.05, 3.63) is 0 Å². The normalized spacial score (nSPS) is 22.8. The van der Waals surface area contributed by atoms with Crippen LogP contribution in [-0.2, 0) is 9.59 Å². The van der Waals surface area contributed by atoms with Gasteiger partial charge in [-0.3, -0.25) is 9.59 Å². The van der Waals surface area contributed by atoms with Gasteiger partial charge in [-0.1, -0.05) is 0 Å². The molecule has 1 aliphatic carbocycles. The number of aliphatic hydroxyl groups is 1. The standard InChI is InChI=1S/C10H17NO4S/c12-3-1-4-16-5-2-11-9(13)7-6-8(7)10(14)15/h7-8,12H,1-6H2,(H,11,13)(H,14,15). The Morgan fingerprint density at radius 2 is 2.06 bits per heavy atom. The minimum absolute atomic E-state index is 0.143. The topological polar surface area (TPSA) is 86.6 Å². The van der Waals surface area contributed by atoms with E-state index in [0.29, 0.717) is 13.0 Å². The molecule has 0 bridgehead atoms. The van der Waals surface area contributed by atoms with Crippen LogP contribution in [0.15, 0.2) is 0 Å². The number of hydrogen-bond donors (Lipinski definition) is 3. The van der Waals surface area contributed by atoms with Gasteiger partial charge in [0.1, 0.15) is 0 Å². The summed E-state index contributed by atoms with van der Waals surface area (Å²) in [6.07, 6.45) is 1.24. The molecule has 0 aromatic rings. The number of aliphatic carboxylic acids is 1. The number of nitrogens with one attached hydrogen (secondary N) is 1. The third kappa shape index (κ3) is 4.40. The smallest absolute Gasteiger partial charge is 0.307 e. The van der Waals surface area contributed by atoms with E-state index in [0.717, 1.165) is 17.9 Å². The first-order valence-electron chi connectivity index (χ1n) is 5.36. The molecule has 2 atom stereocenters. The predicted molar refractivity (Wildman–Crippen MR) is 61.3 cm³/mol. The van der Waals surface area contributed by atoms with Crippen LogP contribution < -0.4 is 5.32 Å². The lowest BCUT2D eigenvalue weighted by Gasteiger charge is -2.03. The van der Waals surface area contributed by atoms with E-state index >= 15 is 0 Å². The second-order valence-corrected chi connectivity index (χ2v) is 4.99. The number of hydrogen-bond acceptors (Lipinski definition) is 4. The summed E-state index contributed by atoms with van der Waals surface area (Å²) in [6, 6.07) is 0. The van der Waals surface area contributed by atoms with Gasteiger partial charge in [0.25, 0.3) is 0 Å². The van der Waals surface area contributed by atoms with Crippen LogP contribution in [0.25, 0.3) is 0 Å². The van der Waals surface area contributed by atoms with Gasteiger partial charge >= 0.3 is 5.97 Å². The second kappa shape index (κ2) is 6.75. The molecule has 0 saturated heterocycles. The van der Waals surface area contributed by atoms with Crippen molar-refractivity contribution in [3.63, 3.8) is 0 Å². The summed E-state index contributed by atoms with van der Waals surface area (Å²) in [5.41, 5.74) is 0. The zero-order valence-corrected chi connectivity index (χ0v) is 9.83. The number of carbonyl (C=O) groups is 2. The van der Waals surface area contributed by atoms with Crippen LogP contribution in [0.2, 0.25) is 0 Å². The molecular weight excluding hydrogens is 230 g/mol. The van der Waals surface area contributed by atoms with Gasteiger partial charge in [0.2, 0.25) is 5.91 Å². The van der Waals surface area contributed by atoms with Crippen molar-refractivity contribution in [2.24, 2.45) is 11.8 Å². The number of carboxylic acids is 1. The summed E-state index contributed by atoms with van der Waals surface area (Å²) in [4.78, 5) is 21.9. The quantitative estimate of drug-likeness (QED) is 0.523. The molecule has 16 heavy (non-hydrogen) atoms. The van der Waals surface area contributed by atoms with Gasteiger partial charge in [-0.05, 0) is 18.6 Å². The summed E-state index contributed by atoms with van der Waals surface area (Å²) in [7, 11) is 0. The molecular formula is C10H17NO4S. The molecule has 1 fully saturated rings. The third-order valence-electron chi connectivity index (χ3n) is 2.44.